The third-order valence-electron chi connectivity index (χ3n) is 17.8. The molecule has 93 heavy (non-hydrogen) atoms. The zero-order valence-electron chi connectivity index (χ0n) is 50.4. The van der Waals surface area contributed by atoms with Crippen LogP contribution in [0.3, 0.4) is 0 Å². The van der Waals surface area contributed by atoms with Gasteiger partial charge in [0.25, 0.3) is 6.71 Å². The van der Waals surface area contributed by atoms with E-state index in [9.17, 15) is 0 Å². The van der Waals surface area contributed by atoms with Crippen LogP contribution in [0.15, 0.2) is 334 Å². The topological polar surface area (TPSA) is 83.8 Å². The van der Waals surface area contributed by atoms with E-state index in [1.165, 1.54) is 0 Å². The van der Waals surface area contributed by atoms with Crippen molar-refractivity contribution < 1.29 is 0 Å². The molecule has 0 radical (unpaired) electrons. The van der Waals surface area contributed by atoms with Crippen molar-refractivity contribution in [3.63, 3.8) is 0 Å². The highest BCUT2D eigenvalue weighted by Crippen LogP contribution is 2.52. The van der Waals surface area contributed by atoms with Gasteiger partial charge in [-0.15, -0.1) is 0 Å². The van der Waals surface area contributed by atoms with Gasteiger partial charge in [-0.05, 0) is 103 Å². The van der Waals surface area contributed by atoms with Crippen molar-refractivity contribution >= 4 is 57.2 Å². The molecule has 0 atom stereocenters. The Balaban J connectivity index is 1.06. The van der Waals surface area contributed by atoms with Gasteiger partial charge in [-0.1, -0.05) is 291 Å². The molecule has 2 aliphatic rings. The summed E-state index contributed by atoms with van der Waals surface area (Å²) in [6.07, 6.45) is 0. The first kappa shape index (κ1) is 54.7. The second kappa shape index (κ2) is 23.5. The van der Waals surface area contributed by atoms with Crippen molar-refractivity contribution in [3.05, 3.63) is 334 Å². The molecule has 9 heteroatoms. The van der Waals surface area contributed by atoms with Gasteiger partial charge in [0.15, 0.2) is 34.9 Å². The van der Waals surface area contributed by atoms with Crippen molar-refractivity contribution in [3.8, 4) is 113 Å². The molecule has 0 bridgehead atoms. The molecular weight excluding hydrogens is 1130 g/mol. The van der Waals surface area contributed by atoms with Gasteiger partial charge < -0.3 is 9.80 Å². The molecule has 0 fully saturated rings. The monoisotopic (exact) mass is 1190 g/mol. The number of benzene rings is 13. The summed E-state index contributed by atoms with van der Waals surface area (Å²) in [7, 11) is 0. The number of rotatable bonds is 12. The third kappa shape index (κ3) is 10.1. The maximum Gasteiger partial charge on any atom is 0.252 e. The number of nitrogens with zero attached hydrogens (tertiary/aromatic N) is 8. The Hall–Kier alpha value is -12.5. The Morgan fingerprint density at radius 2 is 0.441 bits per heavy atom. The number of hydrogen-bond acceptors (Lipinski definition) is 8. The maximum absolute atomic E-state index is 5.66. The van der Waals surface area contributed by atoms with Crippen LogP contribution in [-0.2, 0) is 0 Å². The Morgan fingerprint density at radius 1 is 0.204 bits per heavy atom. The van der Waals surface area contributed by atoms with Gasteiger partial charge in [-0.3, -0.25) is 0 Å². The molecule has 13 aromatic carbocycles. The van der Waals surface area contributed by atoms with E-state index in [0.717, 1.165) is 128 Å². The minimum Gasteiger partial charge on any atom is -0.311 e. The van der Waals surface area contributed by atoms with E-state index < -0.39 is 6.71 Å². The Morgan fingerprint density at radius 3 is 0.731 bits per heavy atom. The van der Waals surface area contributed by atoms with Crippen molar-refractivity contribution in [2.45, 2.75) is 0 Å². The zero-order valence-corrected chi connectivity index (χ0v) is 50.4. The maximum atomic E-state index is 5.66. The summed E-state index contributed by atoms with van der Waals surface area (Å²) in [5, 5.41) is 0. The second-order valence-electron chi connectivity index (χ2n) is 23.4. The van der Waals surface area contributed by atoms with E-state index in [2.05, 4.69) is 271 Å². The fourth-order valence-electron chi connectivity index (χ4n) is 13.4. The molecule has 0 saturated heterocycles. The summed E-state index contributed by atoms with van der Waals surface area (Å²) in [6.45, 7) is -0.404. The van der Waals surface area contributed by atoms with E-state index in [0.29, 0.717) is 34.9 Å². The normalized spacial score (nSPS) is 12.0. The lowest BCUT2D eigenvalue weighted by Gasteiger charge is -2.46. The molecule has 4 heterocycles. The lowest BCUT2D eigenvalue weighted by molar-refractivity contribution is 1.06. The lowest BCUT2D eigenvalue weighted by atomic mass is 9.33. The number of anilines is 6. The zero-order chi connectivity index (χ0) is 61.6. The first-order chi connectivity index (χ1) is 46.1. The number of aromatic nitrogens is 6. The minimum absolute atomic E-state index is 0.404. The Labute approximate surface area is 540 Å². The highest BCUT2D eigenvalue weighted by atomic mass is 15.2. The van der Waals surface area contributed by atoms with E-state index >= 15 is 0 Å². The minimum atomic E-state index is -0.404. The van der Waals surface area contributed by atoms with E-state index in [1.54, 1.807) is 0 Å². The van der Waals surface area contributed by atoms with E-state index in [1.807, 2.05) is 72.8 Å². The van der Waals surface area contributed by atoms with E-state index in [-0.39, 0.29) is 0 Å². The van der Waals surface area contributed by atoms with Gasteiger partial charge in [0, 0.05) is 56.1 Å². The molecule has 0 spiro atoms. The summed E-state index contributed by atoms with van der Waals surface area (Å²) in [5.74, 6) is 3.14. The largest absolute Gasteiger partial charge is 0.311 e. The first-order valence-electron chi connectivity index (χ1n) is 31.4. The van der Waals surface area contributed by atoms with Crippen molar-refractivity contribution in [1.29, 1.82) is 0 Å². The average Bonchev–Trinajstić information content (AvgIpc) is 0.693. The Kier molecular flexibility index (Phi) is 13.8. The third-order valence-corrected chi connectivity index (χ3v) is 17.8. The summed E-state index contributed by atoms with van der Waals surface area (Å²) in [6, 6.07) is 118. The molecule has 0 aliphatic carbocycles. The van der Waals surface area contributed by atoms with Crippen molar-refractivity contribution in [2.75, 3.05) is 9.80 Å². The highest BCUT2D eigenvalue weighted by Gasteiger charge is 2.47. The molecule has 0 unspecified atom stereocenters. The van der Waals surface area contributed by atoms with Crippen LogP contribution in [0.2, 0.25) is 0 Å². The molecule has 2 aliphatic heterocycles. The molecule has 0 N–H and O–H groups in total. The van der Waals surface area contributed by atoms with Crippen LogP contribution in [0.5, 0.6) is 0 Å². The predicted molar refractivity (Wildman–Crippen MR) is 382 cm³/mol. The summed E-state index contributed by atoms with van der Waals surface area (Å²) >= 11 is 0. The molecule has 0 amide bonds. The number of fused-ring (bicyclic) bond motifs is 4. The quantitative estimate of drug-likeness (QED) is 0.112. The Bertz CT molecular complexity index is 4780. The van der Waals surface area contributed by atoms with Gasteiger partial charge in [0.2, 0.25) is 0 Å². The SMILES string of the molecule is c1ccc(-c2ccc(N3c4ccc(-c5ccccc5)cc4B4c5cc(-c6ccccc6)ccc5N(c5ccc(-c6ccccc6)cc5)c5c(-c6nc(-c7ccccc7)nc(-c7ccccc7)n6)cc(-c6nc(-c7ccccc7)nc(-c7ccccc7)n6)c3c54)cc2)cc1. The van der Waals surface area contributed by atoms with Crippen LogP contribution < -0.4 is 26.2 Å². The molecule has 17 rings (SSSR count). The van der Waals surface area contributed by atoms with Crippen LogP contribution in [-0.4, -0.2) is 36.6 Å². The molecule has 434 valence electrons. The molecule has 0 saturated carbocycles. The van der Waals surface area contributed by atoms with Gasteiger partial charge in [-0.2, -0.15) is 0 Å². The van der Waals surface area contributed by atoms with Crippen molar-refractivity contribution in [2.24, 2.45) is 0 Å². The highest BCUT2D eigenvalue weighted by molar-refractivity contribution is 7.00. The molecule has 15 aromatic rings. The van der Waals surface area contributed by atoms with Crippen LogP contribution in [0.1, 0.15) is 0 Å². The van der Waals surface area contributed by atoms with Crippen molar-refractivity contribution in [1.82, 2.24) is 29.9 Å². The second-order valence-corrected chi connectivity index (χ2v) is 23.4. The molecular formula is C84H55BN8. The fourth-order valence-corrected chi connectivity index (χ4v) is 13.4. The summed E-state index contributed by atoms with van der Waals surface area (Å²) in [5.41, 5.74) is 23.0. The average molecular weight is 1190 g/mol. The fraction of sp³-hybridized carbons (Fsp3) is 0. The lowest BCUT2D eigenvalue weighted by Crippen LogP contribution is -2.61. The van der Waals surface area contributed by atoms with Crippen LogP contribution >= 0.6 is 0 Å². The smallest absolute Gasteiger partial charge is 0.252 e. The van der Waals surface area contributed by atoms with Gasteiger partial charge >= 0.3 is 0 Å². The van der Waals surface area contributed by atoms with Gasteiger partial charge in [-0.25, -0.2) is 29.9 Å². The van der Waals surface area contributed by atoms with Crippen LogP contribution in [0.4, 0.5) is 34.1 Å². The van der Waals surface area contributed by atoms with Gasteiger partial charge in [0.1, 0.15) is 0 Å². The molecule has 2 aromatic heterocycles. The van der Waals surface area contributed by atoms with Crippen LogP contribution in [0, 0.1) is 0 Å². The number of hydrogen-bond donors (Lipinski definition) is 0. The standard InChI is InChI=1S/C84H55BN8/c1-9-25-56(26-10-1)60-41-47-68(48-42-60)92-74-51-45-66(58-29-13-3-14-30-58)53-72(74)85-73-54-67(59-31-15-4-16-32-59)46-52-75(73)93(69-49-43-61(44-50-69)57-27-11-2-12-28-57)78-71(84-90-81(64-37-21-7-22-38-64)87-82(91-84)65-39-23-8-24-40-65)55-70(77(92)76(78)85)83-88-79(62-33-17-5-18-34-62)86-80(89-83)63-35-19-6-20-36-63/h1-55H. The summed E-state index contributed by atoms with van der Waals surface area (Å²) < 4.78 is 0. The summed E-state index contributed by atoms with van der Waals surface area (Å²) in [4.78, 5) is 38.2. The van der Waals surface area contributed by atoms with Gasteiger partial charge in [0.05, 0.1) is 11.4 Å². The van der Waals surface area contributed by atoms with Crippen LogP contribution in [0.25, 0.3) is 113 Å². The predicted octanol–water partition coefficient (Wildman–Crippen LogP) is 18.8. The first-order valence-corrected chi connectivity index (χ1v) is 31.4. The van der Waals surface area contributed by atoms with E-state index in [4.69, 9.17) is 29.9 Å². The molecule has 8 nitrogen and oxygen atoms in total.